The SMILES string of the molecule is CNC(c1cnccc1C)c1cccc(Cl)c1Cl. The van der Waals surface area contributed by atoms with E-state index in [1.54, 1.807) is 12.3 Å². The predicted molar refractivity (Wildman–Crippen MR) is 76.3 cm³/mol. The Morgan fingerprint density at radius 3 is 2.61 bits per heavy atom. The third-order valence-corrected chi connectivity index (χ3v) is 3.81. The van der Waals surface area contributed by atoms with E-state index in [0.29, 0.717) is 10.0 Å². The standard InChI is InChI=1S/C14H14Cl2N2/c1-9-6-7-18-8-11(9)14(17-2)10-4-3-5-12(15)13(10)16/h3-8,14,17H,1-2H3. The van der Waals surface area contributed by atoms with E-state index in [0.717, 1.165) is 11.1 Å². The lowest BCUT2D eigenvalue weighted by molar-refractivity contribution is 0.684. The number of aromatic nitrogens is 1. The van der Waals surface area contributed by atoms with Crippen LogP contribution in [0.3, 0.4) is 0 Å². The smallest absolute Gasteiger partial charge is 0.0643 e. The molecule has 2 rings (SSSR count). The van der Waals surface area contributed by atoms with Crippen LogP contribution >= 0.6 is 23.2 Å². The zero-order chi connectivity index (χ0) is 13.1. The highest BCUT2D eigenvalue weighted by Gasteiger charge is 2.18. The van der Waals surface area contributed by atoms with Crippen molar-refractivity contribution < 1.29 is 0 Å². The van der Waals surface area contributed by atoms with Gasteiger partial charge in [0.15, 0.2) is 0 Å². The molecule has 1 unspecified atom stereocenters. The second-order valence-corrected chi connectivity index (χ2v) is 4.88. The van der Waals surface area contributed by atoms with Gasteiger partial charge in [-0.2, -0.15) is 0 Å². The van der Waals surface area contributed by atoms with Crippen LogP contribution in [0.4, 0.5) is 0 Å². The number of rotatable bonds is 3. The van der Waals surface area contributed by atoms with Crippen molar-refractivity contribution in [2.45, 2.75) is 13.0 Å². The van der Waals surface area contributed by atoms with Crippen molar-refractivity contribution in [3.05, 3.63) is 63.4 Å². The Labute approximate surface area is 117 Å². The molecule has 0 radical (unpaired) electrons. The zero-order valence-electron chi connectivity index (χ0n) is 10.2. The molecule has 0 aliphatic carbocycles. The molecule has 4 heteroatoms. The molecule has 0 saturated carbocycles. The Kier molecular flexibility index (Phi) is 4.23. The molecule has 0 aliphatic heterocycles. The monoisotopic (exact) mass is 280 g/mol. The van der Waals surface area contributed by atoms with Gasteiger partial charge in [0.05, 0.1) is 16.1 Å². The summed E-state index contributed by atoms with van der Waals surface area (Å²) in [5.74, 6) is 0. The largest absolute Gasteiger partial charge is 0.309 e. The van der Waals surface area contributed by atoms with E-state index in [1.807, 2.05) is 31.4 Å². The summed E-state index contributed by atoms with van der Waals surface area (Å²) in [6.45, 7) is 2.06. The van der Waals surface area contributed by atoms with Gasteiger partial charge in [-0.15, -0.1) is 0 Å². The Balaban J connectivity index is 2.53. The number of nitrogens with zero attached hydrogens (tertiary/aromatic N) is 1. The number of nitrogens with one attached hydrogen (secondary N) is 1. The summed E-state index contributed by atoms with van der Waals surface area (Å²) >= 11 is 12.3. The Morgan fingerprint density at radius 2 is 1.94 bits per heavy atom. The van der Waals surface area contributed by atoms with Crippen LogP contribution in [-0.2, 0) is 0 Å². The molecule has 0 spiro atoms. The minimum Gasteiger partial charge on any atom is -0.309 e. The Hall–Kier alpha value is -1.09. The number of halogens is 2. The van der Waals surface area contributed by atoms with Gasteiger partial charge in [-0.3, -0.25) is 4.98 Å². The lowest BCUT2D eigenvalue weighted by Gasteiger charge is -2.20. The molecule has 0 bridgehead atoms. The highest BCUT2D eigenvalue weighted by Crippen LogP contribution is 2.33. The summed E-state index contributed by atoms with van der Waals surface area (Å²) in [5.41, 5.74) is 3.23. The summed E-state index contributed by atoms with van der Waals surface area (Å²) in [5, 5.41) is 4.41. The molecular weight excluding hydrogens is 267 g/mol. The average molecular weight is 281 g/mol. The molecule has 0 fully saturated rings. The summed E-state index contributed by atoms with van der Waals surface area (Å²) in [6, 6.07) is 7.64. The first-order valence-electron chi connectivity index (χ1n) is 5.67. The van der Waals surface area contributed by atoms with Gasteiger partial charge in [0.2, 0.25) is 0 Å². The summed E-state index contributed by atoms with van der Waals surface area (Å²) in [4.78, 5) is 4.18. The van der Waals surface area contributed by atoms with E-state index < -0.39 is 0 Å². The maximum atomic E-state index is 6.28. The summed E-state index contributed by atoms with van der Waals surface area (Å²) in [7, 11) is 1.90. The minimum absolute atomic E-state index is 0.00935. The van der Waals surface area contributed by atoms with Gasteiger partial charge >= 0.3 is 0 Å². The van der Waals surface area contributed by atoms with Crippen LogP contribution in [0.25, 0.3) is 0 Å². The molecule has 2 aromatic rings. The number of hydrogen-bond acceptors (Lipinski definition) is 2. The summed E-state index contributed by atoms with van der Waals surface area (Å²) < 4.78 is 0. The maximum absolute atomic E-state index is 6.28. The molecule has 94 valence electrons. The molecule has 2 nitrogen and oxygen atoms in total. The van der Waals surface area contributed by atoms with Crippen molar-refractivity contribution in [1.29, 1.82) is 0 Å². The first kappa shape index (κ1) is 13.3. The minimum atomic E-state index is -0.00935. The number of pyridine rings is 1. The molecule has 1 aromatic heterocycles. The van der Waals surface area contributed by atoms with Crippen molar-refractivity contribution in [1.82, 2.24) is 10.3 Å². The lowest BCUT2D eigenvalue weighted by atomic mass is 9.97. The van der Waals surface area contributed by atoms with Crippen LogP contribution in [0.1, 0.15) is 22.7 Å². The van der Waals surface area contributed by atoms with Crippen LogP contribution in [-0.4, -0.2) is 12.0 Å². The molecule has 1 heterocycles. The van der Waals surface area contributed by atoms with Gasteiger partial charge < -0.3 is 5.32 Å². The quantitative estimate of drug-likeness (QED) is 0.919. The van der Waals surface area contributed by atoms with Gasteiger partial charge in [0.1, 0.15) is 0 Å². The molecule has 0 amide bonds. The Bertz CT molecular complexity index is 555. The van der Waals surface area contributed by atoms with E-state index in [9.17, 15) is 0 Å². The van der Waals surface area contributed by atoms with Crippen molar-refractivity contribution in [3.63, 3.8) is 0 Å². The second-order valence-electron chi connectivity index (χ2n) is 4.10. The molecule has 1 aromatic carbocycles. The lowest BCUT2D eigenvalue weighted by Crippen LogP contribution is -2.19. The zero-order valence-corrected chi connectivity index (χ0v) is 11.8. The number of hydrogen-bond donors (Lipinski definition) is 1. The number of benzene rings is 1. The highest BCUT2D eigenvalue weighted by atomic mass is 35.5. The summed E-state index contributed by atoms with van der Waals surface area (Å²) in [6.07, 6.45) is 3.64. The molecule has 1 N–H and O–H groups in total. The number of aryl methyl sites for hydroxylation is 1. The van der Waals surface area contributed by atoms with Crippen LogP contribution < -0.4 is 5.32 Å². The van der Waals surface area contributed by atoms with Gasteiger partial charge in [-0.25, -0.2) is 0 Å². The van der Waals surface area contributed by atoms with Crippen molar-refractivity contribution in [3.8, 4) is 0 Å². The fourth-order valence-electron chi connectivity index (χ4n) is 2.00. The van der Waals surface area contributed by atoms with Gasteiger partial charge in [0, 0.05) is 12.4 Å². The van der Waals surface area contributed by atoms with Crippen molar-refractivity contribution in [2.75, 3.05) is 7.05 Å². The van der Waals surface area contributed by atoms with Crippen LogP contribution in [0.2, 0.25) is 10.0 Å². The second kappa shape index (κ2) is 5.70. The third-order valence-electron chi connectivity index (χ3n) is 2.97. The van der Waals surface area contributed by atoms with E-state index >= 15 is 0 Å². The highest BCUT2D eigenvalue weighted by molar-refractivity contribution is 6.42. The average Bonchev–Trinajstić information content (AvgIpc) is 2.37. The van der Waals surface area contributed by atoms with E-state index in [2.05, 4.69) is 17.2 Å². The molecular formula is C14H14Cl2N2. The van der Waals surface area contributed by atoms with Gasteiger partial charge in [-0.1, -0.05) is 35.3 Å². The van der Waals surface area contributed by atoms with E-state index in [1.165, 1.54) is 5.56 Å². The van der Waals surface area contributed by atoms with Gasteiger partial charge in [-0.05, 0) is 42.8 Å². The normalized spacial score (nSPS) is 12.4. The van der Waals surface area contributed by atoms with Crippen LogP contribution in [0.5, 0.6) is 0 Å². The molecule has 0 saturated heterocycles. The fourth-order valence-corrected chi connectivity index (χ4v) is 2.42. The third kappa shape index (κ3) is 2.51. The van der Waals surface area contributed by atoms with Crippen LogP contribution in [0.15, 0.2) is 36.7 Å². The van der Waals surface area contributed by atoms with Crippen molar-refractivity contribution in [2.24, 2.45) is 0 Å². The first-order chi connectivity index (χ1) is 8.65. The predicted octanol–water partition coefficient (Wildman–Crippen LogP) is 4.01. The molecule has 18 heavy (non-hydrogen) atoms. The van der Waals surface area contributed by atoms with E-state index in [-0.39, 0.29) is 6.04 Å². The Morgan fingerprint density at radius 1 is 1.17 bits per heavy atom. The maximum Gasteiger partial charge on any atom is 0.0643 e. The molecule has 0 aliphatic rings. The first-order valence-corrected chi connectivity index (χ1v) is 6.42. The fraction of sp³-hybridized carbons (Fsp3) is 0.214. The van der Waals surface area contributed by atoms with Crippen molar-refractivity contribution >= 4 is 23.2 Å². The van der Waals surface area contributed by atoms with E-state index in [4.69, 9.17) is 23.2 Å². The topological polar surface area (TPSA) is 24.9 Å². The molecule has 1 atom stereocenters. The van der Waals surface area contributed by atoms with Gasteiger partial charge in [0.25, 0.3) is 0 Å². The van der Waals surface area contributed by atoms with Crippen LogP contribution in [0, 0.1) is 6.92 Å².